The zero-order valence-electron chi connectivity index (χ0n) is 8.90. The van der Waals surface area contributed by atoms with Crippen molar-refractivity contribution >= 4 is 16.6 Å². The fraction of sp³-hybridized carbons (Fsp3) is 0.250. The standard InChI is InChI=1S/C12H14N2O/c1-8(2)15-11-7-9-5-3-4-6-10(9)12(13)14-11/h3-8H,1-2H3,(H2,13,14). The largest absolute Gasteiger partial charge is 0.475 e. The molecule has 3 nitrogen and oxygen atoms in total. The predicted octanol–water partition coefficient (Wildman–Crippen LogP) is 2.60. The van der Waals surface area contributed by atoms with Crippen LogP contribution in [-0.4, -0.2) is 11.1 Å². The minimum Gasteiger partial charge on any atom is -0.475 e. The number of pyridine rings is 1. The third kappa shape index (κ3) is 2.01. The van der Waals surface area contributed by atoms with Crippen LogP contribution in [0.1, 0.15) is 13.8 Å². The van der Waals surface area contributed by atoms with Crippen LogP contribution in [0.3, 0.4) is 0 Å². The molecule has 0 aliphatic carbocycles. The van der Waals surface area contributed by atoms with Crippen molar-refractivity contribution in [1.29, 1.82) is 0 Å². The molecular formula is C12H14N2O. The summed E-state index contributed by atoms with van der Waals surface area (Å²) in [5.74, 6) is 1.10. The van der Waals surface area contributed by atoms with E-state index in [1.165, 1.54) is 0 Å². The molecule has 1 aromatic heterocycles. The molecule has 3 heteroatoms. The van der Waals surface area contributed by atoms with Gasteiger partial charge < -0.3 is 10.5 Å². The summed E-state index contributed by atoms with van der Waals surface area (Å²) in [5.41, 5.74) is 5.84. The monoisotopic (exact) mass is 202 g/mol. The first-order chi connectivity index (χ1) is 7.16. The molecule has 0 amide bonds. The van der Waals surface area contributed by atoms with Crippen LogP contribution >= 0.6 is 0 Å². The van der Waals surface area contributed by atoms with Crippen molar-refractivity contribution in [2.45, 2.75) is 20.0 Å². The molecule has 0 aliphatic rings. The Morgan fingerprint density at radius 1 is 1.27 bits per heavy atom. The van der Waals surface area contributed by atoms with Crippen LogP contribution in [0, 0.1) is 0 Å². The van der Waals surface area contributed by atoms with E-state index in [0.29, 0.717) is 11.7 Å². The first-order valence-corrected chi connectivity index (χ1v) is 4.99. The van der Waals surface area contributed by atoms with Crippen LogP contribution in [0.5, 0.6) is 5.88 Å². The summed E-state index contributed by atoms with van der Waals surface area (Å²) in [7, 11) is 0. The van der Waals surface area contributed by atoms with E-state index >= 15 is 0 Å². The SMILES string of the molecule is CC(C)Oc1cc2ccccc2c(N)n1. The minimum absolute atomic E-state index is 0.109. The highest BCUT2D eigenvalue weighted by molar-refractivity contribution is 5.91. The summed E-state index contributed by atoms with van der Waals surface area (Å²) < 4.78 is 5.51. The number of nitrogens with zero attached hydrogens (tertiary/aromatic N) is 1. The maximum Gasteiger partial charge on any atom is 0.216 e. The summed E-state index contributed by atoms with van der Waals surface area (Å²) in [6, 6.07) is 9.79. The fourth-order valence-corrected chi connectivity index (χ4v) is 1.50. The van der Waals surface area contributed by atoms with Crippen molar-refractivity contribution < 1.29 is 4.74 Å². The molecule has 2 rings (SSSR count). The van der Waals surface area contributed by atoms with Gasteiger partial charge in [-0.1, -0.05) is 24.3 Å². The first kappa shape index (κ1) is 9.77. The van der Waals surface area contributed by atoms with Gasteiger partial charge in [-0.15, -0.1) is 0 Å². The topological polar surface area (TPSA) is 48.1 Å². The highest BCUT2D eigenvalue weighted by Crippen LogP contribution is 2.23. The zero-order valence-corrected chi connectivity index (χ0v) is 8.90. The number of fused-ring (bicyclic) bond motifs is 1. The Bertz CT molecular complexity index is 480. The van der Waals surface area contributed by atoms with Gasteiger partial charge in [0, 0.05) is 11.5 Å². The number of hydrogen-bond acceptors (Lipinski definition) is 3. The molecule has 0 saturated carbocycles. The van der Waals surface area contributed by atoms with Gasteiger partial charge in [-0.3, -0.25) is 0 Å². The molecule has 1 heterocycles. The Kier molecular flexibility index (Phi) is 2.46. The van der Waals surface area contributed by atoms with Crippen molar-refractivity contribution in [1.82, 2.24) is 4.98 Å². The molecule has 0 fully saturated rings. The van der Waals surface area contributed by atoms with E-state index in [1.807, 2.05) is 44.2 Å². The Balaban J connectivity index is 2.52. The maximum atomic E-state index is 5.84. The lowest BCUT2D eigenvalue weighted by Gasteiger charge is -2.10. The lowest BCUT2D eigenvalue weighted by atomic mass is 10.1. The summed E-state index contributed by atoms with van der Waals surface area (Å²) in [6.45, 7) is 3.93. The van der Waals surface area contributed by atoms with E-state index in [2.05, 4.69) is 4.98 Å². The number of nitrogens with two attached hydrogens (primary N) is 1. The Morgan fingerprint density at radius 3 is 2.73 bits per heavy atom. The smallest absolute Gasteiger partial charge is 0.216 e. The number of benzene rings is 1. The van der Waals surface area contributed by atoms with Crippen LogP contribution in [0.15, 0.2) is 30.3 Å². The van der Waals surface area contributed by atoms with Crippen LogP contribution in [-0.2, 0) is 0 Å². The lowest BCUT2D eigenvalue weighted by Crippen LogP contribution is -2.07. The molecule has 0 radical (unpaired) electrons. The Morgan fingerprint density at radius 2 is 2.00 bits per heavy atom. The zero-order chi connectivity index (χ0) is 10.8. The molecule has 0 saturated heterocycles. The lowest BCUT2D eigenvalue weighted by molar-refractivity contribution is 0.233. The molecule has 0 aliphatic heterocycles. The second kappa shape index (κ2) is 3.77. The molecule has 0 unspecified atom stereocenters. The number of aromatic nitrogens is 1. The number of rotatable bonds is 2. The van der Waals surface area contributed by atoms with Gasteiger partial charge >= 0.3 is 0 Å². The van der Waals surface area contributed by atoms with E-state index in [9.17, 15) is 0 Å². The maximum absolute atomic E-state index is 5.84. The molecule has 78 valence electrons. The van der Waals surface area contributed by atoms with Crippen molar-refractivity contribution in [3.05, 3.63) is 30.3 Å². The number of anilines is 1. The minimum atomic E-state index is 0.109. The molecule has 1 aromatic carbocycles. The predicted molar refractivity (Wildman–Crippen MR) is 61.9 cm³/mol. The van der Waals surface area contributed by atoms with Crippen LogP contribution < -0.4 is 10.5 Å². The van der Waals surface area contributed by atoms with Gasteiger partial charge in [-0.25, -0.2) is 0 Å². The van der Waals surface area contributed by atoms with Gasteiger partial charge in [0.15, 0.2) is 0 Å². The van der Waals surface area contributed by atoms with Gasteiger partial charge in [0.25, 0.3) is 0 Å². The molecule has 0 spiro atoms. The second-order valence-electron chi connectivity index (χ2n) is 3.73. The normalized spacial score (nSPS) is 10.9. The van der Waals surface area contributed by atoms with Crippen LogP contribution in [0.25, 0.3) is 10.8 Å². The fourth-order valence-electron chi connectivity index (χ4n) is 1.50. The van der Waals surface area contributed by atoms with Crippen molar-refractivity contribution in [2.75, 3.05) is 5.73 Å². The summed E-state index contributed by atoms with van der Waals surface area (Å²) in [4.78, 5) is 4.20. The molecule has 0 bridgehead atoms. The third-order valence-electron chi connectivity index (χ3n) is 2.10. The van der Waals surface area contributed by atoms with E-state index < -0.39 is 0 Å². The molecule has 15 heavy (non-hydrogen) atoms. The van der Waals surface area contributed by atoms with E-state index in [-0.39, 0.29) is 6.10 Å². The highest BCUT2D eigenvalue weighted by Gasteiger charge is 2.04. The van der Waals surface area contributed by atoms with Gasteiger partial charge in [-0.05, 0) is 19.2 Å². The number of ether oxygens (including phenoxy) is 1. The molecule has 2 aromatic rings. The molecule has 2 N–H and O–H groups in total. The summed E-state index contributed by atoms with van der Waals surface area (Å²) in [6.07, 6.45) is 0.109. The Hall–Kier alpha value is -1.77. The van der Waals surface area contributed by atoms with Gasteiger partial charge in [0.05, 0.1) is 6.10 Å². The number of nitrogen functional groups attached to an aromatic ring is 1. The van der Waals surface area contributed by atoms with Gasteiger partial charge in [-0.2, -0.15) is 4.98 Å². The van der Waals surface area contributed by atoms with E-state index in [4.69, 9.17) is 10.5 Å². The number of hydrogen-bond donors (Lipinski definition) is 1. The highest BCUT2D eigenvalue weighted by atomic mass is 16.5. The van der Waals surface area contributed by atoms with Crippen molar-refractivity contribution in [3.8, 4) is 5.88 Å². The van der Waals surface area contributed by atoms with Gasteiger partial charge in [0.2, 0.25) is 5.88 Å². The summed E-state index contributed by atoms with van der Waals surface area (Å²) >= 11 is 0. The van der Waals surface area contributed by atoms with Crippen LogP contribution in [0.2, 0.25) is 0 Å². The Labute approximate surface area is 88.9 Å². The van der Waals surface area contributed by atoms with Crippen molar-refractivity contribution in [3.63, 3.8) is 0 Å². The summed E-state index contributed by atoms with van der Waals surface area (Å²) in [5, 5.41) is 2.02. The average Bonchev–Trinajstić information content (AvgIpc) is 2.16. The molecular weight excluding hydrogens is 188 g/mol. The van der Waals surface area contributed by atoms with Gasteiger partial charge in [0.1, 0.15) is 5.82 Å². The second-order valence-corrected chi connectivity index (χ2v) is 3.73. The van der Waals surface area contributed by atoms with Crippen molar-refractivity contribution in [2.24, 2.45) is 0 Å². The van der Waals surface area contributed by atoms with E-state index in [0.717, 1.165) is 10.8 Å². The first-order valence-electron chi connectivity index (χ1n) is 4.99. The quantitative estimate of drug-likeness (QED) is 0.814. The molecule has 0 atom stereocenters. The average molecular weight is 202 g/mol. The third-order valence-corrected chi connectivity index (χ3v) is 2.10. The van der Waals surface area contributed by atoms with Crippen LogP contribution in [0.4, 0.5) is 5.82 Å². The van der Waals surface area contributed by atoms with E-state index in [1.54, 1.807) is 0 Å².